The van der Waals surface area contributed by atoms with Gasteiger partial charge < -0.3 is 9.84 Å². The first-order valence-corrected chi connectivity index (χ1v) is 9.30. The van der Waals surface area contributed by atoms with E-state index >= 15 is 0 Å². The van der Waals surface area contributed by atoms with E-state index in [0.717, 1.165) is 11.1 Å². The summed E-state index contributed by atoms with van der Waals surface area (Å²) in [7, 11) is 0. The van der Waals surface area contributed by atoms with Crippen LogP contribution in [0.1, 0.15) is 17.9 Å². The van der Waals surface area contributed by atoms with Crippen LogP contribution >= 0.6 is 11.6 Å². The lowest BCUT2D eigenvalue weighted by molar-refractivity contribution is -0.116. The summed E-state index contributed by atoms with van der Waals surface area (Å²) >= 11 is 6.08. The molecular formula is C20H17ClN6O2. The summed E-state index contributed by atoms with van der Waals surface area (Å²) in [6, 6.07) is 13.0. The van der Waals surface area contributed by atoms with Crippen LogP contribution in [0.4, 0.5) is 5.69 Å². The van der Waals surface area contributed by atoms with Gasteiger partial charge in [-0.15, -0.1) is 0 Å². The van der Waals surface area contributed by atoms with Crippen LogP contribution in [0.15, 0.2) is 59.6 Å². The van der Waals surface area contributed by atoms with Crippen molar-refractivity contribution < 1.29 is 9.32 Å². The molecule has 4 rings (SSSR count). The van der Waals surface area contributed by atoms with E-state index in [1.165, 1.54) is 6.33 Å². The third-order valence-electron chi connectivity index (χ3n) is 4.24. The quantitative estimate of drug-likeness (QED) is 0.520. The molecule has 2 aromatic heterocycles. The lowest BCUT2D eigenvalue weighted by Gasteiger charge is -2.11. The minimum atomic E-state index is -0.205. The van der Waals surface area contributed by atoms with Gasteiger partial charge in [0.1, 0.15) is 12.7 Å². The molecule has 9 heteroatoms. The Labute approximate surface area is 171 Å². The monoisotopic (exact) mass is 408 g/mol. The molecule has 0 radical (unpaired) electrons. The number of halogens is 1. The predicted molar refractivity (Wildman–Crippen MR) is 108 cm³/mol. The second-order valence-corrected chi connectivity index (χ2v) is 6.86. The van der Waals surface area contributed by atoms with Gasteiger partial charge in [-0.3, -0.25) is 4.79 Å². The lowest BCUT2D eigenvalue weighted by Crippen LogP contribution is -2.14. The summed E-state index contributed by atoms with van der Waals surface area (Å²) in [6.07, 6.45) is 3.47. The average Bonchev–Trinajstić information content (AvgIpc) is 3.39. The van der Waals surface area contributed by atoms with Gasteiger partial charge in [-0.05, 0) is 25.1 Å². The molecule has 0 saturated heterocycles. The molecule has 1 N–H and O–H groups in total. The number of carbonyl (C=O) groups is 1. The van der Waals surface area contributed by atoms with Gasteiger partial charge in [0.2, 0.25) is 17.6 Å². The van der Waals surface area contributed by atoms with E-state index in [9.17, 15) is 4.79 Å². The van der Waals surface area contributed by atoms with Crippen LogP contribution in [0.25, 0.3) is 17.1 Å². The van der Waals surface area contributed by atoms with Gasteiger partial charge in [0.25, 0.3) is 0 Å². The molecule has 2 heterocycles. The Balaban J connectivity index is 1.41. The van der Waals surface area contributed by atoms with Crippen molar-refractivity contribution in [1.29, 1.82) is 0 Å². The number of nitrogens with one attached hydrogen (secondary N) is 1. The first-order chi connectivity index (χ1) is 14.1. The minimum absolute atomic E-state index is 0.179. The predicted octanol–water partition coefficient (Wildman–Crippen LogP) is 3.85. The van der Waals surface area contributed by atoms with Gasteiger partial charge in [0.05, 0.1) is 11.4 Å². The number of nitrogens with zero attached hydrogens (tertiary/aromatic N) is 5. The Bertz CT molecular complexity index is 1120. The standard InChI is InChI=1S/C20H17ClN6O2/c1-13-2-4-14(5-3-13)20-25-19(29-26-20)9-8-18(28)24-16-10-15(21)6-7-17(16)27-12-22-11-23-27/h2-7,10-12H,8-9H2,1H3,(H,24,28). The topological polar surface area (TPSA) is 98.7 Å². The highest BCUT2D eigenvalue weighted by molar-refractivity contribution is 6.31. The first-order valence-electron chi connectivity index (χ1n) is 8.92. The maximum Gasteiger partial charge on any atom is 0.227 e. The van der Waals surface area contributed by atoms with Crippen molar-refractivity contribution in [2.45, 2.75) is 19.8 Å². The summed E-state index contributed by atoms with van der Waals surface area (Å²) in [4.78, 5) is 20.7. The summed E-state index contributed by atoms with van der Waals surface area (Å²) in [5.74, 6) is 0.700. The molecule has 0 atom stereocenters. The van der Waals surface area contributed by atoms with Crippen LogP contribution in [0, 0.1) is 6.92 Å². The van der Waals surface area contributed by atoms with E-state index in [1.807, 2.05) is 31.2 Å². The van der Waals surface area contributed by atoms with E-state index in [4.69, 9.17) is 16.1 Å². The summed E-state index contributed by atoms with van der Waals surface area (Å²) in [6.45, 7) is 2.01. The zero-order valence-corrected chi connectivity index (χ0v) is 16.3. The van der Waals surface area contributed by atoms with E-state index in [1.54, 1.807) is 29.2 Å². The maximum atomic E-state index is 12.4. The van der Waals surface area contributed by atoms with Crippen molar-refractivity contribution in [3.63, 3.8) is 0 Å². The third kappa shape index (κ3) is 4.49. The highest BCUT2D eigenvalue weighted by Gasteiger charge is 2.13. The summed E-state index contributed by atoms with van der Waals surface area (Å²) in [5.41, 5.74) is 3.23. The molecule has 146 valence electrons. The van der Waals surface area contributed by atoms with Crippen LogP contribution in [0.3, 0.4) is 0 Å². The Hall–Kier alpha value is -3.52. The zero-order valence-electron chi connectivity index (χ0n) is 15.5. The smallest absolute Gasteiger partial charge is 0.227 e. The normalized spacial score (nSPS) is 10.8. The number of aryl methyl sites for hydroxylation is 2. The van der Waals surface area contributed by atoms with Crippen LogP contribution in [-0.2, 0) is 11.2 Å². The number of rotatable bonds is 6. The molecule has 0 aliphatic carbocycles. The summed E-state index contributed by atoms with van der Waals surface area (Å²) < 4.78 is 6.82. The van der Waals surface area contributed by atoms with Crippen LogP contribution in [0.2, 0.25) is 5.02 Å². The number of carbonyl (C=O) groups excluding carboxylic acids is 1. The highest BCUT2D eigenvalue weighted by Crippen LogP contribution is 2.24. The van der Waals surface area contributed by atoms with Gasteiger partial charge >= 0.3 is 0 Å². The van der Waals surface area contributed by atoms with E-state index in [2.05, 4.69) is 25.5 Å². The Kier molecular flexibility index (Phi) is 5.35. The molecular weight excluding hydrogens is 392 g/mol. The molecule has 0 fully saturated rings. The fourth-order valence-electron chi connectivity index (χ4n) is 2.75. The highest BCUT2D eigenvalue weighted by atomic mass is 35.5. The van der Waals surface area contributed by atoms with Gasteiger partial charge in [-0.25, -0.2) is 9.67 Å². The van der Waals surface area contributed by atoms with Crippen LogP contribution in [0.5, 0.6) is 0 Å². The van der Waals surface area contributed by atoms with Gasteiger partial charge in [-0.2, -0.15) is 10.1 Å². The molecule has 0 unspecified atom stereocenters. The van der Waals surface area contributed by atoms with Gasteiger partial charge in [-0.1, -0.05) is 46.6 Å². The Morgan fingerprint density at radius 3 is 2.79 bits per heavy atom. The minimum Gasteiger partial charge on any atom is -0.339 e. The molecule has 4 aromatic rings. The molecule has 0 saturated carbocycles. The number of benzene rings is 2. The fraction of sp³-hybridized carbons (Fsp3) is 0.150. The van der Waals surface area contributed by atoms with Crippen molar-refractivity contribution in [2.24, 2.45) is 0 Å². The largest absolute Gasteiger partial charge is 0.339 e. The van der Waals surface area contributed by atoms with Crippen LogP contribution < -0.4 is 5.32 Å². The fourth-order valence-corrected chi connectivity index (χ4v) is 2.92. The van der Waals surface area contributed by atoms with Crippen molar-refractivity contribution >= 4 is 23.2 Å². The Morgan fingerprint density at radius 2 is 2.03 bits per heavy atom. The van der Waals surface area contributed by atoms with Crippen molar-refractivity contribution in [1.82, 2.24) is 24.9 Å². The number of anilines is 1. The van der Waals surface area contributed by atoms with Crippen LogP contribution in [-0.4, -0.2) is 30.8 Å². The second-order valence-electron chi connectivity index (χ2n) is 6.43. The Morgan fingerprint density at radius 1 is 1.21 bits per heavy atom. The second kappa shape index (κ2) is 8.24. The van der Waals surface area contributed by atoms with E-state index in [0.29, 0.717) is 34.5 Å². The molecule has 0 aliphatic rings. The molecule has 1 amide bonds. The third-order valence-corrected chi connectivity index (χ3v) is 4.48. The molecule has 29 heavy (non-hydrogen) atoms. The molecule has 8 nitrogen and oxygen atoms in total. The van der Waals surface area contributed by atoms with Gasteiger partial charge in [0.15, 0.2) is 0 Å². The van der Waals surface area contributed by atoms with Crippen molar-refractivity contribution in [3.8, 4) is 17.1 Å². The molecule has 2 aromatic carbocycles. The molecule has 0 bridgehead atoms. The molecule has 0 spiro atoms. The van der Waals surface area contributed by atoms with Crippen molar-refractivity contribution in [2.75, 3.05) is 5.32 Å². The number of hydrogen-bond donors (Lipinski definition) is 1. The molecule has 0 aliphatic heterocycles. The van der Waals surface area contributed by atoms with E-state index < -0.39 is 0 Å². The maximum absolute atomic E-state index is 12.4. The lowest BCUT2D eigenvalue weighted by atomic mass is 10.1. The van der Waals surface area contributed by atoms with Crippen molar-refractivity contribution in [3.05, 3.63) is 71.6 Å². The number of amides is 1. The number of aromatic nitrogens is 5. The summed E-state index contributed by atoms with van der Waals surface area (Å²) in [5, 5.41) is 11.4. The average molecular weight is 409 g/mol. The SMILES string of the molecule is Cc1ccc(-c2noc(CCC(=O)Nc3cc(Cl)ccc3-n3cncn3)n2)cc1. The van der Waals surface area contributed by atoms with Gasteiger partial charge in [0, 0.05) is 23.4 Å². The zero-order chi connectivity index (χ0) is 20.2. The van der Waals surface area contributed by atoms with E-state index in [-0.39, 0.29) is 12.3 Å². The number of hydrogen-bond acceptors (Lipinski definition) is 6. The first kappa shape index (κ1) is 18.8.